The molecule has 32 heavy (non-hydrogen) atoms. The highest BCUT2D eigenvalue weighted by molar-refractivity contribution is 5.94. The third-order valence-corrected chi connectivity index (χ3v) is 3.66. The van der Waals surface area contributed by atoms with Gasteiger partial charge in [0.25, 0.3) is 11.8 Å². The number of aromatic nitrogens is 2. The molecule has 1 rings (SSSR count). The molecule has 178 valence electrons. The van der Waals surface area contributed by atoms with Crippen molar-refractivity contribution >= 4 is 23.8 Å². The normalized spacial score (nSPS) is 13.6. The molecule has 1 aromatic rings. The Balaban J connectivity index is 3.10. The topological polar surface area (TPSA) is 194 Å². The minimum Gasteiger partial charge on any atom is -0.459 e. The van der Waals surface area contributed by atoms with Crippen LogP contribution in [0.2, 0.25) is 0 Å². The monoisotopic (exact) mass is 452 g/mol. The third kappa shape index (κ3) is 8.94. The summed E-state index contributed by atoms with van der Waals surface area (Å²) >= 11 is 0. The van der Waals surface area contributed by atoms with Gasteiger partial charge in [0.2, 0.25) is 0 Å². The van der Waals surface area contributed by atoms with Crippen LogP contribution in [-0.4, -0.2) is 75.0 Å². The van der Waals surface area contributed by atoms with Crippen LogP contribution in [0.15, 0.2) is 12.4 Å². The van der Waals surface area contributed by atoms with Gasteiger partial charge in [-0.2, -0.15) is 0 Å². The molecule has 0 bridgehead atoms. The van der Waals surface area contributed by atoms with E-state index >= 15 is 0 Å². The lowest BCUT2D eigenvalue weighted by Gasteiger charge is -2.29. The van der Waals surface area contributed by atoms with Crippen LogP contribution < -0.4 is 17.2 Å². The highest BCUT2D eigenvalue weighted by Gasteiger charge is 2.31. The summed E-state index contributed by atoms with van der Waals surface area (Å²) < 4.78 is 10.5. The molecule has 2 atom stereocenters. The lowest BCUT2D eigenvalue weighted by molar-refractivity contribution is -0.156. The van der Waals surface area contributed by atoms with Crippen molar-refractivity contribution in [1.82, 2.24) is 14.9 Å². The lowest BCUT2D eigenvalue weighted by atomic mass is 10.1. The van der Waals surface area contributed by atoms with Crippen molar-refractivity contribution in [1.29, 1.82) is 0 Å². The Bertz CT molecular complexity index is 808. The second kappa shape index (κ2) is 10.5. The van der Waals surface area contributed by atoms with E-state index in [4.69, 9.17) is 26.7 Å². The van der Waals surface area contributed by atoms with Crippen molar-refractivity contribution in [3.63, 3.8) is 0 Å². The van der Waals surface area contributed by atoms with Gasteiger partial charge in [-0.1, -0.05) is 0 Å². The first-order chi connectivity index (χ1) is 14.5. The van der Waals surface area contributed by atoms with Gasteiger partial charge in [0.15, 0.2) is 0 Å². The molecule has 1 aromatic heterocycles. The van der Waals surface area contributed by atoms with Gasteiger partial charge in [-0.25, -0.2) is 9.97 Å². The summed E-state index contributed by atoms with van der Waals surface area (Å²) in [5, 5.41) is 0. The molecule has 0 saturated carbocycles. The zero-order chi connectivity index (χ0) is 24.9. The lowest BCUT2D eigenvalue weighted by Crippen LogP contribution is -2.53. The standard InChI is InChI=1S/C20H32N6O6/c1-19(2,3)31-17(29)11(21)9-26(10-12(22)18(30)32-20(4,5)6)16(28)14-8-24-13(7-25-14)15(23)27/h7-8,11-12H,9-10,21-22H2,1-6H3,(H2,23,27). The number of rotatable bonds is 8. The maximum atomic E-state index is 13.0. The molecule has 0 fully saturated rings. The van der Waals surface area contributed by atoms with E-state index < -0.39 is 47.0 Å². The molecule has 0 saturated heterocycles. The van der Waals surface area contributed by atoms with E-state index in [1.807, 2.05) is 0 Å². The first-order valence-electron chi connectivity index (χ1n) is 9.88. The van der Waals surface area contributed by atoms with Gasteiger partial charge in [-0.15, -0.1) is 0 Å². The Labute approximate surface area is 186 Å². The van der Waals surface area contributed by atoms with E-state index in [9.17, 15) is 19.2 Å². The van der Waals surface area contributed by atoms with Crippen LogP contribution >= 0.6 is 0 Å². The van der Waals surface area contributed by atoms with Gasteiger partial charge in [-0.3, -0.25) is 19.2 Å². The average Bonchev–Trinajstić information content (AvgIpc) is 2.64. The van der Waals surface area contributed by atoms with Gasteiger partial charge >= 0.3 is 11.9 Å². The second-order valence-corrected chi connectivity index (χ2v) is 9.14. The zero-order valence-corrected chi connectivity index (χ0v) is 19.2. The average molecular weight is 453 g/mol. The maximum Gasteiger partial charge on any atom is 0.325 e. The van der Waals surface area contributed by atoms with Crippen molar-refractivity contribution in [3.8, 4) is 0 Å². The quantitative estimate of drug-likeness (QED) is 0.427. The number of ether oxygens (including phenoxy) is 2. The number of primary amides is 1. The summed E-state index contributed by atoms with van der Waals surface area (Å²) in [6.45, 7) is 9.42. The summed E-state index contributed by atoms with van der Waals surface area (Å²) in [4.78, 5) is 57.5. The molecule has 12 heteroatoms. The minimum absolute atomic E-state index is 0.135. The van der Waals surface area contributed by atoms with Crippen LogP contribution in [-0.2, 0) is 19.1 Å². The fraction of sp³-hybridized carbons (Fsp3) is 0.600. The molecule has 0 aliphatic rings. The number of carbonyl (C=O) groups excluding carboxylic acids is 4. The number of amides is 2. The van der Waals surface area contributed by atoms with E-state index in [2.05, 4.69) is 9.97 Å². The van der Waals surface area contributed by atoms with Crippen molar-refractivity contribution in [2.45, 2.75) is 64.8 Å². The molecule has 0 aromatic carbocycles. The van der Waals surface area contributed by atoms with E-state index in [0.29, 0.717) is 0 Å². The minimum atomic E-state index is -1.22. The van der Waals surface area contributed by atoms with Gasteiger partial charge < -0.3 is 31.6 Å². The Hall–Kier alpha value is -3.12. The van der Waals surface area contributed by atoms with Crippen LogP contribution in [0.25, 0.3) is 0 Å². The molecule has 0 radical (unpaired) electrons. The van der Waals surface area contributed by atoms with Crippen molar-refractivity contribution in [2.75, 3.05) is 13.1 Å². The largest absolute Gasteiger partial charge is 0.459 e. The molecule has 2 amide bonds. The Morgan fingerprint density at radius 2 is 1.22 bits per heavy atom. The number of hydrogen-bond donors (Lipinski definition) is 3. The van der Waals surface area contributed by atoms with Crippen molar-refractivity contribution in [2.24, 2.45) is 17.2 Å². The summed E-state index contributed by atoms with van der Waals surface area (Å²) in [6.07, 6.45) is 2.09. The molecule has 0 spiro atoms. The summed E-state index contributed by atoms with van der Waals surface area (Å²) in [5.41, 5.74) is 15.1. The van der Waals surface area contributed by atoms with Crippen molar-refractivity contribution in [3.05, 3.63) is 23.8 Å². The SMILES string of the molecule is CC(C)(C)OC(=O)C(N)CN(CC(N)C(=O)OC(C)(C)C)C(=O)c1cnc(C(N)=O)cn1. The van der Waals surface area contributed by atoms with E-state index in [1.54, 1.807) is 41.5 Å². The molecule has 12 nitrogen and oxygen atoms in total. The number of hydrogen-bond acceptors (Lipinski definition) is 10. The Kier molecular flexibility index (Phi) is 8.80. The van der Waals surface area contributed by atoms with Gasteiger partial charge in [0, 0.05) is 13.1 Å². The third-order valence-electron chi connectivity index (χ3n) is 3.66. The molecule has 2 unspecified atom stereocenters. The summed E-state index contributed by atoms with van der Waals surface area (Å²) in [6, 6.07) is -2.44. The van der Waals surface area contributed by atoms with Crippen molar-refractivity contribution < 1.29 is 28.7 Å². The first-order valence-corrected chi connectivity index (χ1v) is 9.88. The smallest absolute Gasteiger partial charge is 0.325 e. The number of nitrogens with zero attached hydrogens (tertiary/aromatic N) is 3. The number of esters is 2. The fourth-order valence-corrected chi connectivity index (χ4v) is 2.35. The highest BCUT2D eigenvalue weighted by Crippen LogP contribution is 2.12. The Morgan fingerprint density at radius 3 is 1.53 bits per heavy atom. The van der Waals surface area contributed by atoms with Gasteiger partial charge in [0.05, 0.1) is 12.4 Å². The molecular formula is C20H32N6O6. The number of nitrogens with two attached hydrogens (primary N) is 3. The van der Waals surface area contributed by atoms with Crippen LogP contribution in [0.3, 0.4) is 0 Å². The summed E-state index contributed by atoms with van der Waals surface area (Å²) in [5.74, 6) is -3.01. The van der Waals surface area contributed by atoms with Gasteiger partial charge in [0.1, 0.15) is 34.7 Å². The molecular weight excluding hydrogens is 420 g/mol. The zero-order valence-electron chi connectivity index (χ0n) is 19.2. The molecule has 0 aliphatic carbocycles. The Morgan fingerprint density at radius 1 is 0.844 bits per heavy atom. The molecule has 6 N–H and O–H groups in total. The van der Waals surface area contributed by atoms with E-state index in [0.717, 1.165) is 17.3 Å². The molecule has 1 heterocycles. The second-order valence-electron chi connectivity index (χ2n) is 9.14. The molecule has 0 aliphatic heterocycles. The maximum absolute atomic E-state index is 13.0. The fourth-order valence-electron chi connectivity index (χ4n) is 2.35. The predicted octanol–water partition coefficient (Wildman–Crippen LogP) is -0.644. The van der Waals surface area contributed by atoms with E-state index in [1.165, 1.54) is 0 Å². The van der Waals surface area contributed by atoms with Crippen LogP contribution in [0.4, 0.5) is 0 Å². The van der Waals surface area contributed by atoms with Gasteiger partial charge in [-0.05, 0) is 41.5 Å². The van der Waals surface area contributed by atoms with E-state index in [-0.39, 0.29) is 24.5 Å². The highest BCUT2D eigenvalue weighted by atomic mass is 16.6. The van der Waals surface area contributed by atoms with Crippen LogP contribution in [0.1, 0.15) is 62.5 Å². The predicted molar refractivity (Wildman–Crippen MR) is 114 cm³/mol. The first kappa shape index (κ1) is 26.9. The van der Waals surface area contributed by atoms with Crippen LogP contribution in [0, 0.1) is 0 Å². The summed E-state index contributed by atoms with van der Waals surface area (Å²) in [7, 11) is 0. The number of carbonyl (C=O) groups is 4. The van der Waals surface area contributed by atoms with Crippen LogP contribution in [0.5, 0.6) is 0 Å².